The molecule has 7 heteroatoms. The zero-order chi connectivity index (χ0) is 19.1. The Morgan fingerprint density at radius 3 is 2.27 bits per heavy atom. The number of fused-ring (bicyclic) bond motifs is 1. The Bertz CT molecular complexity index is 919. The summed E-state index contributed by atoms with van der Waals surface area (Å²) < 4.78 is 1.40. The van der Waals surface area contributed by atoms with Crippen molar-refractivity contribution in [1.82, 2.24) is 19.2 Å². The second kappa shape index (κ2) is 6.55. The summed E-state index contributed by atoms with van der Waals surface area (Å²) in [5, 5.41) is 0. The molecule has 0 unspecified atom stereocenters. The van der Waals surface area contributed by atoms with Crippen LogP contribution in [0, 0.1) is 12.3 Å². The van der Waals surface area contributed by atoms with Gasteiger partial charge in [-0.2, -0.15) is 0 Å². The molecule has 2 amide bonds. The van der Waals surface area contributed by atoms with E-state index in [0.717, 1.165) is 5.56 Å². The van der Waals surface area contributed by atoms with Gasteiger partial charge in [-0.25, -0.2) is 4.98 Å². The van der Waals surface area contributed by atoms with Crippen molar-refractivity contribution in [2.24, 2.45) is 5.41 Å². The number of aryl methyl sites for hydroxylation is 1. The number of aromatic nitrogens is 2. The van der Waals surface area contributed by atoms with E-state index >= 15 is 0 Å². The molecule has 0 bridgehead atoms. The molecule has 3 heterocycles. The largest absolute Gasteiger partial charge is 0.339 e. The van der Waals surface area contributed by atoms with E-state index in [1.807, 2.05) is 33.8 Å². The van der Waals surface area contributed by atoms with Crippen LogP contribution in [0.3, 0.4) is 0 Å². The number of carbonyl (C=O) groups is 2. The molecule has 3 rings (SSSR count). The highest BCUT2D eigenvalue weighted by atomic mass is 16.2. The molecule has 7 nitrogen and oxygen atoms in total. The maximum Gasteiger partial charge on any atom is 0.270 e. The van der Waals surface area contributed by atoms with Crippen molar-refractivity contribution >= 4 is 17.5 Å². The standard InChI is InChI=1S/C19H24N4O3/c1-13-5-6-15-20-11-14(17(25)23(15)12-13)16(24)21-7-9-22(10-8-21)18(26)19(2,3)4/h5-6,11-12H,7-10H2,1-4H3. The SMILES string of the molecule is Cc1ccc2ncc(C(=O)N3CCN(C(=O)C(C)(C)C)CC3)c(=O)n2c1. The molecular weight excluding hydrogens is 332 g/mol. The summed E-state index contributed by atoms with van der Waals surface area (Å²) in [5.74, 6) is -0.256. The molecule has 138 valence electrons. The maximum atomic E-state index is 12.8. The molecule has 1 aliphatic rings. The molecular formula is C19H24N4O3. The van der Waals surface area contributed by atoms with Crippen molar-refractivity contribution in [2.75, 3.05) is 26.2 Å². The Hall–Kier alpha value is -2.70. The zero-order valence-corrected chi connectivity index (χ0v) is 15.7. The maximum absolute atomic E-state index is 12.8. The van der Waals surface area contributed by atoms with Crippen LogP contribution in [0.15, 0.2) is 29.3 Å². The Morgan fingerprint density at radius 2 is 1.65 bits per heavy atom. The number of rotatable bonds is 1. The predicted molar refractivity (Wildman–Crippen MR) is 98.1 cm³/mol. The number of carbonyl (C=O) groups excluding carboxylic acids is 2. The van der Waals surface area contributed by atoms with Crippen LogP contribution < -0.4 is 5.56 Å². The van der Waals surface area contributed by atoms with Gasteiger partial charge in [0.2, 0.25) is 5.91 Å². The fourth-order valence-electron chi connectivity index (χ4n) is 3.09. The van der Waals surface area contributed by atoms with Gasteiger partial charge in [0.1, 0.15) is 11.2 Å². The summed E-state index contributed by atoms with van der Waals surface area (Å²) >= 11 is 0. The lowest BCUT2D eigenvalue weighted by Crippen LogP contribution is -2.53. The highest BCUT2D eigenvalue weighted by molar-refractivity contribution is 5.94. The molecule has 0 atom stereocenters. The lowest BCUT2D eigenvalue weighted by Gasteiger charge is -2.37. The number of piperazine rings is 1. The third kappa shape index (κ3) is 3.34. The first kappa shape index (κ1) is 18.1. The normalized spacial score (nSPS) is 15.4. The second-order valence-corrected chi connectivity index (χ2v) is 7.75. The van der Waals surface area contributed by atoms with E-state index in [-0.39, 0.29) is 22.9 Å². The molecule has 0 aromatic carbocycles. The number of amides is 2. The van der Waals surface area contributed by atoms with E-state index in [0.29, 0.717) is 31.8 Å². The second-order valence-electron chi connectivity index (χ2n) is 7.75. The van der Waals surface area contributed by atoms with E-state index in [9.17, 15) is 14.4 Å². The zero-order valence-electron chi connectivity index (χ0n) is 15.7. The monoisotopic (exact) mass is 356 g/mol. The van der Waals surface area contributed by atoms with Crippen molar-refractivity contribution in [2.45, 2.75) is 27.7 Å². The number of hydrogen-bond donors (Lipinski definition) is 0. The number of pyridine rings is 1. The van der Waals surface area contributed by atoms with E-state index in [1.165, 1.54) is 10.6 Å². The lowest BCUT2D eigenvalue weighted by molar-refractivity contribution is -0.140. The average Bonchev–Trinajstić information content (AvgIpc) is 2.61. The molecule has 26 heavy (non-hydrogen) atoms. The molecule has 0 spiro atoms. The Morgan fingerprint density at radius 1 is 1.04 bits per heavy atom. The molecule has 1 aliphatic heterocycles. The van der Waals surface area contributed by atoms with Crippen LogP contribution in [0.2, 0.25) is 0 Å². The van der Waals surface area contributed by atoms with E-state index in [2.05, 4.69) is 4.98 Å². The summed E-state index contributed by atoms with van der Waals surface area (Å²) in [6.07, 6.45) is 3.03. The van der Waals surface area contributed by atoms with E-state index in [4.69, 9.17) is 0 Å². The number of hydrogen-bond acceptors (Lipinski definition) is 4. The minimum Gasteiger partial charge on any atom is -0.339 e. The summed E-state index contributed by atoms with van der Waals surface area (Å²) in [6, 6.07) is 3.62. The van der Waals surface area contributed by atoms with Gasteiger partial charge in [-0.1, -0.05) is 26.8 Å². The van der Waals surface area contributed by atoms with Gasteiger partial charge in [-0.05, 0) is 18.6 Å². The summed E-state index contributed by atoms with van der Waals surface area (Å²) in [6.45, 7) is 9.31. The highest BCUT2D eigenvalue weighted by Crippen LogP contribution is 2.19. The van der Waals surface area contributed by atoms with Gasteiger partial charge >= 0.3 is 0 Å². The molecule has 0 radical (unpaired) electrons. The molecule has 0 N–H and O–H groups in total. The quantitative estimate of drug-likeness (QED) is 0.773. The van der Waals surface area contributed by atoms with Gasteiger partial charge in [0.25, 0.3) is 11.5 Å². The minimum absolute atomic E-state index is 0.0590. The van der Waals surface area contributed by atoms with Crippen molar-refractivity contribution in [1.29, 1.82) is 0 Å². The Kier molecular flexibility index (Phi) is 4.56. The van der Waals surface area contributed by atoms with Crippen LogP contribution in [-0.4, -0.2) is 57.2 Å². The third-order valence-electron chi connectivity index (χ3n) is 4.58. The van der Waals surface area contributed by atoms with Gasteiger partial charge in [0.15, 0.2) is 0 Å². The van der Waals surface area contributed by atoms with Crippen LogP contribution in [0.5, 0.6) is 0 Å². The summed E-state index contributed by atoms with van der Waals surface area (Å²) in [7, 11) is 0. The molecule has 0 aliphatic carbocycles. The topological polar surface area (TPSA) is 75.0 Å². The highest BCUT2D eigenvalue weighted by Gasteiger charge is 2.31. The van der Waals surface area contributed by atoms with Gasteiger partial charge in [0.05, 0.1) is 0 Å². The molecule has 2 aromatic rings. The van der Waals surface area contributed by atoms with Crippen LogP contribution in [-0.2, 0) is 4.79 Å². The first-order chi connectivity index (χ1) is 12.2. The lowest BCUT2D eigenvalue weighted by atomic mass is 9.94. The Balaban J connectivity index is 1.79. The molecule has 0 saturated carbocycles. The van der Waals surface area contributed by atoms with Gasteiger partial charge in [-0.3, -0.25) is 18.8 Å². The molecule has 1 fully saturated rings. The van der Waals surface area contributed by atoms with E-state index < -0.39 is 5.41 Å². The fraction of sp³-hybridized carbons (Fsp3) is 0.474. The van der Waals surface area contributed by atoms with Crippen molar-refractivity contribution in [3.63, 3.8) is 0 Å². The van der Waals surface area contributed by atoms with Crippen LogP contribution in [0.1, 0.15) is 36.7 Å². The summed E-state index contributed by atoms with van der Waals surface area (Å²) in [5.41, 5.74) is 0.684. The fourth-order valence-corrected chi connectivity index (χ4v) is 3.09. The van der Waals surface area contributed by atoms with Gasteiger partial charge in [-0.15, -0.1) is 0 Å². The summed E-state index contributed by atoms with van der Waals surface area (Å²) in [4.78, 5) is 45.4. The van der Waals surface area contributed by atoms with Gasteiger partial charge < -0.3 is 9.80 Å². The van der Waals surface area contributed by atoms with Crippen LogP contribution in [0.4, 0.5) is 0 Å². The average molecular weight is 356 g/mol. The van der Waals surface area contributed by atoms with Crippen molar-refractivity contribution in [3.8, 4) is 0 Å². The predicted octanol–water partition coefficient (Wildman–Crippen LogP) is 1.33. The number of nitrogens with zero attached hydrogens (tertiary/aromatic N) is 4. The molecule has 2 aromatic heterocycles. The molecule has 1 saturated heterocycles. The Labute approximate surface area is 152 Å². The first-order valence-electron chi connectivity index (χ1n) is 8.75. The van der Waals surface area contributed by atoms with E-state index in [1.54, 1.807) is 22.1 Å². The van der Waals surface area contributed by atoms with Crippen molar-refractivity contribution < 1.29 is 9.59 Å². The van der Waals surface area contributed by atoms with Crippen LogP contribution >= 0.6 is 0 Å². The third-order valence-corrected chi connectivity index (χ3v) is 4.58. The smallest absolute Gasteiger partial charge is 0.270 e. The minimum atomic E-state index is -0.439. The van der Waals surface area contributed by atoms with Crippen LogP contribution in [0.25, 0.3) is 5.65 Å². The first-order valence-corrected chi connectivity index (χ1v) is 8.75. The van der Waals surface area contributed by atoms with Gasteiger partial charge in [0, 0.05) is 44.0 Å². The van der Waals surface area contributed by atoms with Crippen molar-refractivity contribution in [3.05, 3.63) is 46.0 Å².